The number of halogens is 1. The van der Waals surface area contributed by atoms with Crippen molar-refractivity contribution in [3.63, 3.8) is 0 Å². The van der Waals surface area contributed by atoms with Crippen molar-refractivity contribution in [2.45, 2.75) is 25.8 Å². The van der Waals surface area contributed by atoms with Crippen molar-refractivity contribution < 1.29 is 52.9 Å². The molecule has 1 heterocycles. The summed E-state index contributed by atoms with van der Waals surface area (Å²) in [6, 6.07) is 9.74. The van der Waals surface area contributed by atoms with Crippen molar-refractivity contribution in [1.82, 2.24) is 10.2 Å². The summed E-state index contributed by atoms with van der Waals surface area (Å²) < 4.78 is 34.8. The van der Waals surface area contributed by atoms with Crippen molar-refractivity contribution in [2.24, 2.45) is 0 Å². The molecule has 0 atom stereocenters. The molecule has 0 aromatic heterocycles. The first-order valence-corrected chi connectivity index (χ1v) is 13.3. The summed E-state index contributed by atoms with van der Waals surface area (Å²) in [6.45, 7) is 3.57. The molecule has 0 aliphatic carbocycles. The van der Waals surface area contributed by atoms with Gasteiger partial charge in [-0.3, -0.25) is 0 Å². The molecule has 7 nitrogen and oxygen atoms in total. The fourth-order valence-electron chi connectivity index (χ4n) is 4.06. The molecule has 0 radical (unpaired) electrons. The Balaban J connectivity index is 1.42. The molecule has 1 aliphatic heterocycles. The molecule has 1 N–H and O–H groups in total. The third kappa shape index (κ3) is 8.30. The van der Waals surface area contributed by atoms with E-state index in [1.807, 2.05) is 12.1 Å². The number of alkyl halides is 1. The fraction of sp³-hybridized carbons (Fsp3) is 0.500. The average molecular weight is 684 g/mol. The monoisotopic (exact) mass is 683 g/mol. The predicted molar refractivity (Wildman–Crippen MR) is 128 cm³/mol. The summed E-state index contributed by atoms with van der Waals surface area (Å²) in [5.41, 5.74) is 3.12. The Kier molecular flexibility index (Phi) is 11.5. The van der Waals surface area contributed by atoms with Gasteiger partial charge in [0, 0.05) is 0 Å². The number of fused-ring (bicyclic) bond motifs is 1. The van der Waals surface area contributed by atoms with Crippen molar-refractivity contribution in [1.29, 1.82) is 0 Å². The zero-order valence-corrected chi connectivity index (χ0v) is 23.3. The van der Waals surface area contributed by atoms with Crippen LogP contribution in [-0.4, -0.2) is 71.2 Å². The number of unbranched alkanes of at least 4 members (excludes halogenated alkanes) is 1. The Morgan fingerprint density at radius 2 is 1.80 bits per heavy atom. The molecule has 0 fully saturated rings. The third-order valence-corrected chi connectivity index (χ3v) is 6.79. The van der Waals surface area contributed by atoms with Crippen LogP contribution < -0.4 is 22.8 Å². The number of nitrogens with zero attached hydrogens (tertiary/aromatic N) is 1. The maximum atomic E-state index is 12.8. The molecular weight excluding hydrogens is 649 g/mol. The van der Waals surface area contributed by atoms with Gasteiger partial charge in [-0.25, -0.2) is 0 Å². The van der Waals surface area contributed by atoms with Crippen molar-refractivity contribution in [3.8, 4) is 17.2 Å². The molecule has 0 bridgehead atoms. The Morgan fingerprint density at radius 1 is 1.03 bits per heavy atom. The second-order valence-corrected chi connectivity index (χ2v) is 9.95. The third-order valence-electron chi connectivity index (χ3n) is 5.88. The first kappa shape index (κ1) is 27.6. The number of hydrogen-bond donors (Lipinski definition) is 1. The summed E-state index contributed by atoms with van der Waals surface area (Å²) in [6.07, 6.45) is 2.88. The molecule has 1 aliphatic rings. The molecule has 2 aromatic rings. The van der Waals surface area contributed by atoms with E-state index in [2.05, 4.69) is 22.3 Å². The number of carbonyl (C=O) groups excluding carboxylic acids is 1. The molecule has 2 aromatic carbocycles. The first-order chi connectivity index (χ1) is 17.0. The SMILES string of the molecule is COc1cc2c(cc1OC)CN(CCCCNC(=O)c1cc([At])ccc1OCCOCCF)CC2. The fourth-order valence-corrected chi connectivity index (χ4v) is 4.73. The van der Waals surface area contributed by atoms with E-state index in [9.17, 15) is 9.18 Å². The van der Waals surface area contributed by atoms with E-state index in [-0.39, 0.29) is 25.7 Å². The summed E-state index contributed by atoms with van der Waals surface area (Å²) >= 11 is 1.50. The van der Waals surface area contributed by atoms with E-state index in [1.165, 1.54) is 35.8 Å². The van der Waals surface area contributed by atoms with E-state index in [0.717, 1.165) is 53.7 Å². The van der Waals surface area contributed by atoms with E-state index < -0.39 is 6.67 Å². The van der Waals surface area contributed by atoms with Crippen LogP contribution in [0.3, 0.4) is 0 Å². The second kappa shape index (κ2) is 14.6. The van der Waals surface area contributed by atoms with Gasteiger partial charge in [0.05, 0.1) is 14.2 Å². The molecule has 3 rings (SSSR count). The van der Waals surface area contributed by atoms with Crippen LogP contribution in [0.1, 0.15) is 34.3 Å². The summed E-state index contributed by atoms with van der Waals surface area (Å²) in [7, 11) is 3.33. The summed E-state index contributed by atoms with van der Waals surface area (Å²) in [5, 5.41) is 3.02. The van der Waals surface area contributed by atoms with Gasteiger partial charge in [0.15, 0.2) is 11.5 Å². The normalized spacial score (nSPS) is 13.3. The minimum absolute atomic E-state index is 0.0553. The summed E-state index contributed by atoms with van der Waals surface area (Å²) in [4.78, 5) is 15.2. The molecule has 192 valence electrons. The molecular formula is C26H34AtFN2O5. The van der Waals surface area contributed by atoms with Gasteiger partial charge in [-0.1, -0.05) is 0 Å². The summed E-state index contributed by atoms with van der Waals surface area (Å²) in [5.74, 6) is 1.92. The average Bonchev–Trinajstić information content (AvgIpc) is 2.87. The molecule has 0 unspecified atom stereocenters. The predicted octanol–water partition coefficient (Wildman–Crippen LogP) is 2.81. The van der Waals surface area contributed by atoms with Crippen LogP contribution in [0, 0.1) is 24.7 Å². The van der Waals surface area contributed by atoms with Crippen LogP contribution in [0.4, 0.5) is 4.39 Å². The van der Waals surface area contributed by atoms with E-state index in [0.29, 0.717) is 17.9 Å². The van der Waals surface area contributed by atoms with Crippen molar-refractivity contribution in [3.05, 3.63) is 47.0 Å². The Labute approximate surface area is 222 Å². The van der Waals surface area contributed by atoms with Crippen LogP contribution in [0.5, 0.6) is 17.2 Å². The molecule has 0 saturated carbocycles. The zero-order chi connectivity index (χ0) is 25.0. The van der Waals surface area contributed by atoms with Crippen LogP contribution in [0.15, 0.2) is 30.3 Å². The number of benzene rings is 2. The number of nitrogens with one attached hydrogen (secondary N) is 1. The van der Waals surface area contributed by atoms with Gasteiger partial charge in [-0.2, -0.15) is 0 Å². The van der Waals surface area contributed by atoms with Gasteiger partial charge in [0.1, 0.15) is 0 Å². The number of ether oxygens (including phenoxy) is 4. The van der Waals surface area contributed by atoms with Gasteiger partial charge < -0.3 is 9.47 Å². The van der Waals surface area contributed by atoms with Crippen LogP contribution in [0.2, 0.25) is 0 Å². The van der Waals surface area contributed by atoms with Gasteiger partial charge in [-0.15, -0.1) is 0 Å². The number of amides is 1. The van der Waals surface area contributed by atoms with E-state index in [4.69, 9.17) is 18.9 Å². The van der Waals surface area contributed by atoms with Gasteiger partial charge >= 0.3 is 170 Å². The van der Waals surface area contributed by atoms with Crippen LogP contribution in [0.25, 0.3) is 0 Å². The van der Waals surface area contributed by atoms with Gasteiger partial charge in [0.2, 0.25) is 0 Å². The topological polar surface area (TPSA) is 69.3 Å². The van der Waals surface area contributed by atoms with Gasteiger partial charge in [-0.05, 0) is 17.7 Å². The Bertz CT molecular complexity index is 975. The number of methoxy groups -OCH3 is 2. The van der Waals surface area contributed by atoms with Crippen LogP contribution in [-0.2, 0) is 17.7 Å². The molecule has 0 saturated heterocycles. The van der Waals surface area contributed by atoms with Crippen molar-refractivity contribution in [2.75, 3.05) is 60.3 Å². The van der Waals surface area contributed by atoms with Gasteiger partial charge in [0.25, 0.3) is 0 Å². The van der Waals surface area contributed by atoms with Crippen molar-refractivity contribution >= 4 is 9.18 Å². The molecule has 35 heavy (non-hydrogen) atoms. The number of carbonyl (C=O) groups is 1. The first-order valence-electron chi connectivity index (χ1n) is 11.9. The Hall–Kier alpha value is -1.96. The minimum atomic E-state index is -0.519. The van der Waals surface area contributed by atoms with Crippen LogP contribution >= 0.6 is 0 Å². The number of hydrogen-bond acceptors (Lipinski definition) is 6. The second-order valence-electron chi connectivity index (χ2n) is 8.26. The molecule has 9 heteroatoms. The van der Waals surface area contributed by atoms with E-state index >= 15 is 0 Å². The quantitative estimate of drug-likeness (QED) is 0.310. The van der Waals surface area contributed by atoms with E-state index in [1.54, 1.807) is 20.3 Å². The maximum absolute atomic E-state index is 12.8. The zero-order valence-electron chi connectivity index (χ0n) is 20.4. The standard InChI is InChI=1S/C26H34AtFN2O5/c1-32-24-15-19-7-11-30(18-20(19)16-25(24)33-2)10-4-3-9-29-26(31)22-17-21(27)5-6-23(22)35-14-13-34-12-8-28/h5-6,15-17H,3-4,7-14,18H2,1-2H3,(H,29,31). The number of rotatable bonds is 14. The molecule has 1 amide bonds. The molecule has 0 spiro atoms. The Morgan fingerprint density at radius 3 is 2.54 bits per heavy atom.